The SMILES string of the molecule is COC(=O)CCCCCNC(=O)c1ccccc1NC(=O)c1cccs1. The van der Waals surface area contributed by atoms with Crippen LogP contribution in [0.2, 0.25) is 0 Å². The van der Waals surface area contributed by atoms with Crippen LogP contribution in [0.15, 0.2) is 41.8 Å². The predicted octanol–water partition coefficient (Wildman–Crippen LogP) is 3.46. The van der Waals surface area contributed by atoms with E-state index < -0.39 is 0 Å². The molecule has 2 aromatic rings. The minimum atomic E-state index is -0.236. The van der Waals surface area contributed by atoms with Gasteiger partial charge in [0.05, 0.1) is 23.2 Å². The lowest BCUT2D eigenvalue weighted by Gasteiger charge is -2.11. The molecule has 2 N–H and O–H groups in total. The van der Waals surface area contributed by atoms with Gasteiger partial charge in [0.2, 0.25) is 0 Å². The topological polar surface area (TPSA) is 84.5 Å². The Kier molecular flexibility index (Phi) is 7.82. The van der Waals surface area contributed by atoms with Gasteiger partial charge in [0.25, 0.3) is 11.8 Å². The number of carbonyl (C=O) groups is 3. The molecular formula is C19H22N2O4S. The lowest BCUT2D eigenvalue weighted by Crippen LogP contribution is -2.26. The standard InChI is InChI=1S/C19H22N2O4S/c1-25-17(22)11-3-2-6-12-20-18(23)14-8-4-5-9-15(14)21-19(24)16-10-7-13-26-16/h4-5,7-10,13H,2-3,6,11-12H2,1H3,(H,20,23)(H,21,24). The van der Waals surface area contributed by atoms with Crippen molar-refractivity contribution < 1.29 is 19.1 Å². The Morgan fingerprint density at radius 2 is 1.81 bits per heavy atom. The maximum absolute atomic E-state index is 12.4. The van der Waals surface area contributed by atoms with Crippen LogP contribution in [0.4, 0.5) is 5.69 Å². The Morgan fingerprint density at radius 1 is 1.00 bits per heavy atom. The Balaban J connectivity index is 1.83. The number of unbranched alkanes of at least 4 members (excludes halogenated alkanes) is 2. The lowest BCUT2D eigenvalue weighted by molar-refractivity contribution is -0.140. The first-order chi connectivity index (χ1) is 12.6. The first kappa shape index (κ1) is 19.7. The number of ether oxygens (including phenoxy) is 1. The number of rotatable bonds is 9. The van der Waals surface area contributed by atoms with Gasteiger partial charge in [-0.15, -0.1) is 11.3 Å². The van der Waals surface area contributed by atoms with Crippen molar-refractivity contribution in [2.75, 3.05) is 19.0 Å². The van der Waals surface area contributed by atoms with Crippen LogP contribution in [0.5, 0.6) is 0 Å². The van der Waals surface area contributed by atoms with E-state index in [0.29, 0.717) is 29.1 Å². The molecule has 0 radical (unpaired) electrons. The molecule has 1 aromatic heterocycles. The van der Waals surface area contributed by atoms with Crippen molar-refractivity contribution in [2.45, 2.75) is 25.7 Å². The molecule has 1 heterocycles. The fourth-order valence-corrected chi connectivity index (χ4v) is 2.97. The smallest absolute Gasteiger partial charge is 0.305 e. The molecule has 0 unspecified atom stereocenters. The summed E-state index contributed by atoms with van der Waals surface area (Å²) in [5.41, 5.74) is 0.904. The maximum atomic E-state index is 12.4. The van der Waals surface area contributed by atoms with E-state index in [1.807, 2.05) is 5.38 Å². The van der Waals surface area contributed by atoms with Gasteiger partial charge in [-0.2, -0.15) is 0 Å². The van der Waals surface area contributed by atoms with Gasteiger partial charge in [0.15, 0.2) is 0 Å². The van der Waals surface area contributed by atoms with Crippen molar-refractivity contribution in [3.63, 3.8) is 0 Å². The average Bonchev–Trinajstić information content (AvgIpc) is 3.19. The number of carbonyl (C=O) groups excluding carboxylic acids is 3. The second kappa shape index (κ2) is 10.4. The number of para-hydroxylation sites is 1. The Morgan fingerprint density at radius 3 is 2.54 bits per heavy atom. The lowest BCUT2D eigenvalue weighted by atomic mass is 10.1. The zero-order valence-corrected chi connectivity index (χ0v) is 15.4. The van der Waals surface area contributed by atoms with Crippen LogP contribution in [0, 0.1) is 0 Å². The highest BCUT2D eigenvalue weighted by molar-refractivity contribution is 7.12. The fourth-order valence-electron chi connectivity index (χ4n) is 2.35. The number of hydrogen-bond acceptors (Lipinski definition) is 5. The molecule has 0 fully saturated rings. The van der Waals surface area contributed by atoms with Gasteiger partial charge < -0.3 is 15.4 Å². The number of thiophene rings is 1. The molecule has 0 saturated heterocycles. The van der Waals surface area contributed by atoms with Crippen molar-refractivity contribution in [1.82, 2.24) is 5.32 Å². The summed E-state index contributed by atoms with van der Waals surface area (Å²) < 4.78 is 4.58. The first-order valence-corrected chi connectivity index (χ1v) is 9.28. The van der Waals surface area contributed by atoms with E-state index >= 15 is 0 Å². The van der Waals surface area contributed by atoms with Gasteiger partial charge in [-0.3, -0.25) is 14.4 Å². The van der Waals surface area contributed by atoms with Gasteiger partial charge in [-0.1, -0.05) is 24.6 Å². The van der Waals surface area contributed by atoms with Crippen molar-refractivity contribution in [2.24, 2.45) is 0 Å². The van der Waals surface area contributed by atoms with Crippen LogP contribution in [0.1, 0.15) is 45.7 Å². The molecule has 138 valence electrons. The van der Waals surface area contributed by atoms with E-state index in [1.54, 1.807) is 36.4 Å². The average molecular weight is 374 g/mol. The fraction of sp³-hybridized carbons (Fsp3) is 0.316. The number of benzene rings is 1. The molecule has 0 aliphatic heterocycles. The quantitative estimate of drug-likeness (QED) is 0.520. The normalized spacial score (nSPS) is 10.2. The molecule has 2 amide bonds. The number of esters is 1. The highest BCUT2D eigenvalue weighted by Gasteiger charge is 2.14. The van der Waals surface area contributed by atoms with Crippen LogP contribution in [-0.2, 0) is 9.53 Å². The summed E-state index contributed by atoms with van der Waals surface area (Å²) in [5, 5.41) is 7.46. The zero-order chi connectivity index (χ0) is 18.8. The summed E-state index contributed by atoms with van der Waals surface area (Å²) in [7, 11) is 1.37. The second-order valence-corrected chi connectivity index (χ2v) is 6.57. The molecule has 7 heteroatoms. The number of hydrogen-bond donors (Lipinski definition) is 2. The third-order valence-corrected chi connectivity index (χ3v) is 4.60. The third kappa shape index (κ3) is 6.00. The summed E-state index contributed by atoms with van der Waals surface area (Å²) in [6.07, 6.45) is 2.72. The Hall–Kier alpha value is -2.67. The van der Waals surface area contributed by atoms with Crippen LogP contribution in [0.3, 0.4) is 0 Å². The molecule has 0 atom stereocenters. The largest absolute Gasteiger partial charge is 0.469 e. The molecule has 6 nitrogen and oxygen atoms in total. The van der Waals surface area contributed by atoms with Gasteiger partial charge >= 0.3 is 5.97 Å². The van der Waals surface area contributed by atoms with E-state index in [4.69, 9.17) is 0 Å². The molecule has 0 spiro atoms. The Labute approximate surface area is 156 Å². The van der Waals surface area contributed by atoms with Crippen LogP contribution in [0.25, 0.3) is 0 Å². The van der Waals surface area contributed by atoms with Gasteiger partial charge in [-0.25, -0.2) is 0 Å². The molecule has 0 saturated carbocycles. The summed E-state index contributed by atoms with van der Waals surface area (Å²) in [5.74, 6) is -0.687. The van der Waals surface area contributed by atoms with Gasteiger partial charge in [0, 0.05) is 13.0 Å². The monoisotopic (exact) mass is 374 g/mol. The van der Waals surface area contributed by atoms with Crippen molar-refractivity contribution in [1.29, 1.82) is 0 Å². The van der Waals surface area contributed by atoms with E-state index in [0.717, 1.165) is 19.3 Å². The van der Waals surface area contributed by atoms with Crippen molar-refractivity contribution in [3.05, 3.63) is 52.2 Å². The molecular weight excluding hydrogens is 352 g/mol. The minimum absolute atomic E-state index is 0.218. The number of amides is 2. The van der Waals surface area contributed by atoms with E-state index in [9.17, 15) is 14.4 Å². The molecule has 2 rings (SSSR count). The van der Waals surface area contributed by atoms with Crippen LogP contribution < -0.4 is 10.6 Å². The van der Waals surface area contributed by atoms with Crippen molar-refractivity contribution >= 4 is 34.8 Å². The number of anilines is 1. The third-order valence-electron chi connectivity index (χ3n) is 3.74. The first-order valence-electron chi connectivity index (χ1n) is 8.40. The summed E-state index contributed by atoms with van der Waals surface area (Å²) in [6.45, 7) is 0.507. The van der Waals surface area contributed by atoms with E-state index in [1.165, 1.54) is 18.4 Å². The highest BCUT2D eigenvalue weighted by atomic mass is 32.1. The number of nitrogens with one attached hydrogen (secondary N) is 2. The second-order valence-electron chi connectivity index (χ2n) is 5.62. The molecule has 0 bridgehead atoms. The summed E-state index contributed by atoms with van der Waals surface area (Å²) >= 11 is 1.34. The summed E-state index contributed by atoms with van der Waals surface area (Å²) in [4.78, 5) is 36.2. The molecule has 26 heavy (non-hydrogen) atoms. The summed E-state index contributed by atoms with van der Waals surface area (Å²) in [6, 6.07) is 10.4. The number of methoxy groups -OCH3 is 1. The zero-order valence-electron chi connectivity index (χ0n) is 14.6. The van der Waals surface area contributed by atoms with Gasteiger partial charge in [-0.05, 0) is 36.4 Å². The molecule has 1 aromatic carbocycles. The molecule has 0 aliphatic carbocycles. The van der Waals surface area contributed by atoms with Crippen LogP contribution >= 0.6 is 11.3 Å². The van der Waals surface area contributed by atoms with E-state index in [-0.39, 0.29) is 17.8 Å². The van der Waals surface area contributed by atoms with Gasteiger partial charge in [0.1, 0.15) is 0 Å². The van der Waals surface area contributed by atoms with E-state index in [2.05, 4.69) is 15.4 Å². The van der Waals surface area contributed by atoms with Crippen LogP contribution in [-0.4, -0.2) is 31.4 Å². The minimum Gasteiger partial charge on any atom is -0.469 e. The molecule has 0 aliphatic rings. The Bertz CT molecular complexity index is 744. The van der Waals surface area contributed by atoms with Crippen molar-refractivity contribution in [3.8, 4) is 0 Å². The highest BCUT2D eigenvalue weighted by Crippen LogP contribution is 2.18. The predicted molar refractivity (Wildman–Crippen MR) is 102 cm³/mol. The maximum Gasteiger partial charge on any atom is 0.305 e.